The summed E-state index contributed by atoms with van der Waals surface area (Å²) in [7, 11) is 0. The van der Waals surface area contributed by atoms with Gasteiger partial charge >= 0.3 is 0 Å². The predicted molar refractivity (Wildman–Crippen MR) is 81.6 cm³/mol. The van der Waals surface area contributed by atoms with E-state index in [0.717, 1.165) is 25.5 Å². The molecule has 0 saturated carbocycles. The molecule has 1 N–H and O–H groups in total. The Morgan fingerprint density at radius 1 is 1.30 bits per heavy atom. The Hall–Kier alpha value is -1.14. The molecule has 1 rings (SSSR count). The van der Waals surface area contributed by atoms with Gasteiger partial charge in [0.25, 0.3) is 5.69 Å². The highest BCUT2D eigenvalue weighted by atomic mass is 32.2. The summed E-state index contributed by atoms with van der Waals surface area (Å²) < 4.78 is 13.1. The standard InChI is InChI=1S/C14H21FN2O2S/c1-20-9-5-3-2-4-8-16-11-12-10-13(15)6-7-14(12)17(18)19/h6-7,10,16H,2-5,8-9,11H2,1H3. The summed E-state index contributed by atoms with van der Waals surface area (Å²) in [6.07, 6.45) is 6.74. The molecule has 20 heavy (non-hydrogen) atoms. The van der Waals surface area contributed by atoms with E-state index in [2.05, 4.69) is 11.6 Å². The van der Waals surface area contributed by atoms with Crippen LogP contribution in [0.25, 0.3) is 0 Å². The third-order valence-corrected chi connectivity index (χ3v) is 3.70. The van der Waals surface area contributed by atoms with Crippen LogP contribution in [-0.4, -0.2) is 23.5 Å². The first kappa shape index (κ1) is 16.9. The summed E-state index contributed by atoms with van der Waals surface area (Å²) in [4.78, 5) is 10.3. The maximum Gasteiger partial charge on any atom is 0.274 e. The average molecular weight is 300 g/mol. The van der Waals surface area contributed by atoms with E-state index in [1.54, 1.807) is 0 Å². The highest BCUT2D eigenvalue weighted by molar-refractivity contribution is 7.98. The van der Waals surface area contributed by atoms with Gasteiger partial charge in [0, 0.05) is 18.2 Å². The second kappa shape index (κ2) is 9.72. The van der Waals surface area contributed by atoms with Crippen molar-refractivity contribution < 1.29 is 9.31 Å². The summed E-state index contributed by atoms with van der Waals surface area (Å²) in [6, 6.07) is 3.56. The molecule has 0 bridgehead atoms. The van der Waals surface area contributed by atoms with Crippen LogP contribution in [-0.2, 0) is 6.54 Å². The van der Waals surface area contributed by atoms with Crippen LogP contribution in [0.1, 0.15) is 31.2 Å². The molecule has 0 heterocycles. The van der Waals surface area contributed by atoms with E-state index in [4.69, 9.17) is 0 Å². The number of nitrogens with zero attached hydrogens (tertiary/aromatic N) is 1. The van der Waals surface area contributed by atoms with E-state index >= 15 is 0 Å². The molecule has 1 aromatic carbocycles. The molecule has 0 atom stereocenters. The van der Waals surface area contributed by atoms with Crippen molar-refractivity contribution in [1.82, 2.24) is 5.32 Å². The minimum absolute atomic E-state index is 0.0288. The predicted octanol–water partition coefficient (Wildman–Crippen LogP) is 3.75. The van der Waals surface area contributed by atoms with Crippen LogP contribution >= 0.6 is 11.8 Å². The van der Waals surface area contributed by atoms with Crippen molar-refractivity contribution in [3.63, 3.8) is 0 Å². The molecular weight excluding hydrogens is 279 g/mol. The number of hydrogen-bond donors (Lipinski definition) is 1. The summed E-state index contributed by atoms with van der Waals surface area (Å²) >= 11 is 1.86. The monoisotopic (exact) mass is 300 g/mol. The van der Waals surface area contributed by atoms with Crippen molar-refractivity contribution in [2.45, 2.75) is 32.2 Å². The van der Waals surface area contributed by atoms with Crippen molar-refractivity contribution in [2.24, 2.45) is 0 Å². The second-order valence-electron chi connectivity index (χ2n) is 4.61. The van der Waals surface area contributed by atoms with E-state index in [9.17, 15) is 14.5 Å². The number of nitrogens with one attached hydrogen (secondary N) is 1. The van der Waals surface area contributed by atoms with Crippen LogP contribution < -0.4 is 5.32 Å². The molecule has 6 heteroatoms. The zero-order valence-corrected chi connectivity index (χ0v) is 12.5. The lowest BCUT2D eigenvalue weighted by atomic mass is 10.1. The van der Waals surface area contributed by atoms with Gasteiger partial charge in [0.2, 0.25) is 0 Å². The molecule has 0 radical (unpaired) electrons. The van der Waals surface area contributed by atoms with Crippen LogP contribution in [0.5, 0.6) is 0 Å². The first-order valence-corrected chi connectivity index (χ1v) is 8.17. The van der Waals surface area contributed by atoms with Gasteiger partial charge in [-0.15, -0.1) is 0 Å². The number of nitro groups is 1. The molecule has 0 aliphatic carbocycles. The molecule has 4 nitrogen and oxygen atoms in total. The zero-order valence-electron chi connectivity index (χ0n) is 11.7. The normalized spacial score (nSPS) is 10.7. The number of hydrogen-bond acceptors (Lipinski definition) is 4. The maximum atomic E-state index is 13.1. The van der Waals surface area contributed by atoms with Gasteiger partial charge < -0.3 is 5.32 Å². The van der Waals surface area contributed by atoms with Crippen molar-refractivity contribution >= 4 is 17.4 Å². The van der Waals surface area contributed by atoms with Gasteiger partial charge in [-0.05, 0) is 43.5 Å². The number of thioether (sulfide) groups is 1. The zero-order chi connectivity index (χ0) is 14.8. The van der Waals surface area contributed by atoms with Crippen LogP contribution in [0.15, 0.2) is 18.2 Å². The molecule has 0 aromatic heterocycles. The van der Waals surface area contributed by atoms with Crippen LogP contribution in [0.3, 0.4) is 0 Å². The van der Waals surface area contributed by atoms with Gasteiger partial charge in [-0.2, -0.15) is 11.8 Å². The first-order chi connectivity index (χ1) is 9.65. The second-order valence-corrected chi connectivity index (χ2v) is 5.60. The Balaban J connectivity index is 2.28. The van der Waals surface area contributed by atoms with Crippen molar-refractivity contribution in [1.29, 1.82) is 0 Å². The molecule has 0 unspecified atom stereocenters. The Labute approximate surface area is 123 Å². The molecule has 0 spiro atoms. The molecule has 1 aromatic rings. The van der Waals surface area contributed by atoms with Gasteiger partial charge in [-0.3, -0.25) is 10.1 Å². The highest BCUT2D eigenvalue weighted by Crippen LogP contribution is 2.19. The van der Waals surface area contributed by atoms with Crippen molar-refractivity contribution in [3.8, 4) is 0 Å². The number of benzene rings is 1. The fourth-order valence-electron chi connectivity index (χ4n) is 1.95. The third kappa shape index (κ3) is 6.34. The van der Waals surface area contributed by atoms with Gasteiger partial charge in [0.1, 0.15) is 5.82 Å². The van der Waals surface area contributed by atoms with Gasteiger partial charge in [0.05, 0.1) is 4.92 Å². The van der Waals surface area contributed by atoms with E-state index < -0.39 is 10.7 Å². The van der Waals surface area contributed by atoms with Crippen LogP contribution in [0, 0.1) is 15.9 Å². The van der Waals surface area contributed by atoms with Crippen molar-refractivity contribution in [3.05, 3.63) is 39.7 Å². The minimum atomic E-state index is -0.473. The number of halogens is 1. The van der Waals surface area contributed by atoms with Crippen LogP contribution in [0.2, 0.25) is 0 Å². The summed E-state index contributed by atoms with van der Waals surface area (Å²) in [5.74, 6) is 0.757. The highest BCUT2D eigenvalue weighted by Gasteiger charge is 2.13. The van der Waals surface area contributed by atoms with E-state index in [0.29, 0.717) is 12.1 Å². The smallest absolute Gasteiger partial charge is 0.274 e. The summed E-state index contributed by atoms with van der Waals surface area (Å²) in [6.45, 7) is 1.13. The Morgan fingerprint density at radius 3 is 2.75 bits per heavy atom. The Bertz CT molecular complexity index is 430. The number of rotatable bonds is 10. The van der Waals surface area contributed by atoms with Crippen molar-refractivity contribution in [2.75, 3.05) is 18.6 Å². The van der Waals surface area contributed by atoms with E-state index in [-0.39, 0.29) is 5.69 Å². The Morgan fingerprint density at radius 2 is 2.05 bits per heavy atom. The van der Waals surface area contributed by atoms with E-state index in [1.807, 2.05) is 11.8 Å². The van der Waals surface area contributed by atoms with Crippen LogP contribution in [0.4, 0.5) is 10.1 Å². The van der Waals surface area contributed by atoms with E-state index in [1.165, 1.54) is 30.7 Å². The largest absolute Gasteiger partial charge is 0.312 e. The Kier molecular flexibility index (Phi) is 8.22. The summed E-state index contributed by atoms with van der Waals surface area (Å²) in [5, 5.41) is 14.0. The topological polar surface area (TPSA) is 55.2 Å². The van der Waals surface area contributed by atoms with Gasteiger partial charge in [0.15, 0.2) is 0 Å². The molecule has 0 aliphatic heterocycles. The molecule has 0 amide bonds. The lowest BCUT2D eigenvalue weighted by Crippen LogP contribution is -2.15. The number of unbranched alkanes of at least 4 members (excludes halogenated alkanes) is 3. The molecule has 0 aliphatic rings. The first-order valence-electron chi connectivity index (χ1n) is 6.77. The summed E-state index contributed by atoms with van der Waals surface area (Å²) in [5.41, 5.74) is 0.372. The fourth-order valence-corrected chi connectivity index (χ4v) is 2.44. The lowest BCUT2D eigenvalue weighted by Gasteiger charge is -2.06. The quantitative estimate of drug-likeness (QED) is 0.406. The average Bonchev–Trinajstić information content (AvgIpc) is 2.41. The van der Waals surface area contributed by atoms with Gasteiger partial charge in [-0.1, -0.05) is 12.8 Å². The molecular formula is C14H21FN2O2S. The fraction of sp³-hybridized carbons (Fsp3) is 0.571. The van der Waals surface area contributed by atoms with Gasteiger partial charge in [-0.25, -0.2) is 4.39 Å². The minimum Gasteiger partial charge on any atom is -0.312 e. The lowest BCUT2D eigenvalue weighted by molar-refractivity contribution is -0.385. The molecule has 0 fully saturated rings. The SMILES string of the molecule is CSCCCCCCNCc1cc(F)ccc1[N+](=O)[O-]. The third-order valence-electron chi connectivity index (χ3n) is 3.01. The molecule has 112 valence electrons. The molecule has 0 saturated heterocycles. The maximum absolute atomic E-state index is 13.1. The number of nitro benzene ring substituents is 1.